The minimum absolute atomic E-state index is 0.0918. The van der Waals surface area contributed by atoms with E-state index < -0.39 is 18.2 Å². The molecule has 3 N–H and O–H groups in total. The lowest BCUT2D eigenvalue weighted by Crippen LogP contribution is -2.04. The van der Waals surface area contributed by atoms with Crippen LogP contribution in [0, 0.1) is 0 Å². The highest BCUT2D eigenvalue weighted by atomic mass is 16.4. The molecule has 0 heterocycles. The molecule has 1 aromatic rings. The van der Waals surface area contributed by atoms with Crippen molar-refractivity contribution in [2.24, 2.45) is 0 Å². The first-order valence-corrected chi connectivity index (χ1v) is 8.53. The summed E-state index contributed by atoms with van der Waals surface area (Å²) in [6, 6.07) is 10.1. The van der Waals surface area contributed by atoms with E-state index in [1.54, 1.807) is 6.08 Å². The van der Waals surface area contributed by atoms with Crippen molar-refractivity contribution in [3.8, 4) is 0 Å². The molecule has 24 heavy (non-hydrogen) atoms. The summed E-state index contributed by atoms with van der Waals surface area (Å²) in [5.41, 5.74) is 1.23. The highest BCUT2D eigenvalue weighted by Crippen LogP contribution is 2.07. The second-order valence-electron chi connectivity index (χ2n) is 5.88. The first-order valence-electron chi connectivity index (χ1n) is 8.53. The van der Waals surface area contributed by atoms with Crippen LogP contribution in [0.2, 0.25) is 0 Å². The molecule has 0 saturated carbocycles. The number of carboxylic acids is 1. The van der Waals surface area contributed by atoms with Gasteiger partial charge in [0.2, 0.25) is 0 Å². The zero-order valence-corrected chi connectivity index (χ0v) is 14.1. The molecule has 0 fully saturated rings. The Balaban J connectivity index is 2.09. The van der Waals surface area contributed by atoms with Crippen molar-refractivity contribution in [2.45, 2.75) is 57.2 Å². The Morgan fingerprint density at radius 1 is 0.958 bits per heavy atom. The quantitative estimate of drug-likeness (QED) is 0.404. The third kappa shape index (κ3) is 10.8. The summed E-state index contributed by atoms with van der Waals surface area (Å²) in [5, 5.41) is 28.1. The van der Waals surface area contributed by atoms with Gasteiger partial charge in [-0.05, 0) is 44.1 Å². The number of carboxylic acid groups (broad SMARTS) is 1. The van der Waals surface area contributed by atoms with Crippen molar-refractivity contribution in [3.05, 3.63) is 60.2 Å². The van der Waals surface area contributed by atoms with Crippen LogP contribution >= 0.6 is 0 Å². The van der Waals surface area contributed by atoms with Gasteiger partial charge in [0.05, 0.1) is 12.2 Å². The number of hydrogen-bond acceptors (Lipinski definition) is 3. The fourth-order valence-corrected chi connectivity index (χ4v) is 2.31. The summed E-state index contributed by atoms with van der Waals surface area (Å²) < 4.78 is 0. The smallest absolute Gasteiger partial charge is 0.303 e. The fraction of sp³-hybridized carbons (Fsp3) is 0.450. The standard InChI is InChI=1S/C20H28O4/c21-18(13-8-14-20(23)24)11-6-1-2-7-12-19(22)16-15-17-9-4-3-5-10-17/h3-7,9-12,18-19,21-22H,1-2,8,13-16H2,(H,23,24). The average Bonchev–Trinajstić information content (AvgIpc) is 2.56. The Morgan fingerprint density at radius 2 is 1.54 bits per heavy atom. The summed E-state index contributed by atoms with van der Waals surface area (Å²) in [4.78, 5) is 10.4. The van der Waals surface area contributed by atoms with Gasteiger partial charge in [-0.15, -0.1) is 0 Å². The van der Waals surface area contributed by atoms with Crippen LogP contribution in [0.3, 0.4) is 0 Å². The largest absolute Gasteiger partial charge is 0.481 e. The maximum absolute atomic E-state index is 10.4. The lowest BCUT2D eigenvalue weighted by molar-refractivity contribution is -0.137. The van der Waals surface area contributed by atoms with E-state index >= 15 is 0 Å². The van der Waals surface area contributed by atoms with Crippen LogP contribution in [0.5, 0.6) is 0 Å². The average molecular weight is 332 g/mol. The molecule has 4 heteroatoms. The first-order chi connectivity index (χ1) is 11.6. The predicted octanol–water partition coefficient (Wildman–Crippen LogP) is 3.49. The summed E-state index contributed by atoms with van der Waals surface area (Å²) in [7, 11) is 0. The van der Waals surface area contributed by atoms with Gasteiger partial charge in [-0.25, -0.2) is 0 Å². The molecule has 4 nitrogen and oxygen atoms in total. The van der Waals surface area contributed by atoms with Crippen LogP contribution in [-0.2, 0) is 11.2 Å². The molecule has 0 bridgehead atoms. The van der Waals surface area contributed by atoms with Gasteiger partial charge in [0, 0.05) is 6.42 Å². The van der Waals surface area contributed by atoms with E-state index in [1.807, 2.05) is 36.4 Å². The fourth-order valence-electron chi connectivity index (χ4n) is 2.31. The SMILES string of the molecule is O=C(O)CCCC(O)C=CCCC=CC(O)CCc1ccccc1. The van der Waals surface area contributed by atoms with E-state index in [4.69, 9.17) is 5.11 Å². The van der Waals surface area contributed by atoms with E-state index in [2.05, 4.69) is 12.1 Å². The van der Waals surface area contributed by atoms with Crippen LogP contribution in [0.25, 0.3) is 0 Å². The number of allylic oxidation sites excluding steroid dienone is 2. The number of hydrogen-bond donors (Lipinski definition) is 3. The number of aliphatic carboxylic acids is 1. The molecule has 0 aliphatic heterocycles. The lowest BCUT2D eigenvalue weighted by atomic mass is 10.1. The second kappa shape index (κ2) is 12.5. The third-order valence-corrected chi connectivity index (χ3v) is 3.68. The first kappa shape index (κ1) is 20.1. The van der Waals surface area contributed by atoms with Gasteiger partial charge in [0.15, 0.2) is 0 Å². The zero-order valence-electron chi connectivity index (χ0n) is 14.1. The summed E-state index contributed by atoms with van der Waals surface area (Å²) in [6.07, 6.45) is 10.6. The van der Waals surface area contributed by atoms with Crippen LogP contribution < -0.4 is 0 Å². The Bertz CT molecular complexity index is 508. The lowest BCUT2D eigenvalue weighted by Gasteiger charge is -2.05. The minimum Gasteiger partial charge on any atom is -0.481 e. The molecular formula is C20H28O4. The van der Waals surface area contributed by atoms with E-state index in [9.17, 15) is 15.0 Å². The Hall–Kier alpha value is -1.91. The van der Waals surface area contributed by atoms with E-state index in [0.717, 1.165) is 19.3 Å². The van der Waals surface area contributed by atoms with E-state index in [1.165, 1.54) is 5.56 Å². The molecule has 1 aromatic carbocycles. The maximum atomic E-state index is 10.4. The van der Waals surface area contributed by atoms with Crippen molar-refractivity contribution in [2.75, 3.05) is 0 Å². The molecule has 0 saturated heterocycles. The molecule has 0 aliphatic rings. The normalized spacial score (nSPS) is 14.2. The van der Waals surface area contributed by atoms with E-state index in [0.29, 0.717) is 19.3 Å². The number of unbranched alkanes of at least 4 members (excludes halogenated alkanes) is 1. The number of benzene rings is 1. The molecule has 0 radical (unpaired) electrons. The number of aliphatic hydroxyl groups excluding tert-OH is 2. The van der Waals surface area contributed by atoms with Gasteiger partial charge >= 0.3 is 5.97 Å². The third-order valence-electron chi connectivity index (χ3n) is 3.68. The van der Waals surface area contributed by atoms with Crippen molar-refractivity contribution < 1.29 is 20.1 Å². The molecular weight excluding hydrogens is 304 g/mol. The van der Waals surface area contributed by atoms with Crippen LogP contribution in [-0.4, -0.2) is 33.5 Å². The zero-order chi connectivity index (χ0) is 17.6. The van der Waals surface area contributed by atoms with E-state index in [-0.39, 0.29) is 6.42 Å². The molecule has 2 atom stereocenters. The number of aryl methyl sites for hydroxylation is 1. The second-order valence-corrected chi connectivity index (χ2v) is 5.88. The van der Waals surface area contributed by atoms with Gasteiger partial charge < -0.3 is 15.3 Å². The Morgan fingerprint density at radius 3 is 2.12 bits per heavy atom. The molecule has 1 rings (SSSR count). The van der Waals surface area contributed by atoms with Crippen molar-refractivity contribution in [1.29, 1.82) is 0 Å². The molecule has 0 aliphatic carbocycles. The Labute approximate surface area is 144 Å². The van der Waals surface area contributed by atoms with Gasteiger partial charge in [0.1, 0.15) is 0 Å². The van der Waals surface area contributed by atoms with Gasteiger partial charge in [-0.1, -0.05) is 54.6 Å². The summed E-state index contributed by atoms with van der Waals surface area (Å²) in [6.45, 7) is 0. The number of aliphatic hydroxyl groups is 2. The number of carbonyl (C=O) groups is 1. The minimum atomic E-state index is -0.831. The van der Waals surface area contributed by atoms with Crippen LogP contribution in [0.4, 0.5) is 0 Å². The molecule has 0 spiro atoms. The van der Waals surface area contributed by atoms with Gasteiger partial charge in [-0.2, -0.15) is 0 Å². The van der Waals surface area contributed by atoms with Crippen LogP contribution in [0.1, 0.15) is 44.1 Å². The monoisotopic (exact) mass is 332 g/mol. The van der Waals surface area contributed by atoms with Crippen molar-refractivity contribution in [3.63, 3.8) is 0 Å². The summed E-state index contributed by atoms with van der Waals surface area (Å²) >= 11 is 0. The molecule has 2 unspecified atom stereocenters. The van der Waals surface area contributed by atoms with Gasteiger partial charge in [0.25, 0.3) is 0 Å². The predicted molar refractivity (Wildman–Crippen MR) is 95.8 cm³/mol. The maximum Gasteiger partial charge on any atom is 0.303 e. The molecule has 132 valence electrons. The number of rotatable bonds is 12. The molecule has 0 amide bonds. The summed E-state index contributed by atoms with van der Waals surface area (Å²) in [5.74, 6) is -0.831. The van der Waals surface area contributed by atoms with Gasteiger partial charge in [-0.3, -0.25) is 4.79 Å². The molecule has 0 aromatic heterocycles. The van der Waals surface area contributed by atoms with Crippen molar-refractivity contribution in [1.82, 2.24) is 0 Å². The highest BCUT2D eigenvalue weighted by Gasteiger charge is 2.02. The topological polar surface area (TPSA) is 77.8 Å². The van der Waals surface area contributed by atoms with Crippen LogP contribution in [0.15, 0.2) is 54.6 Å². The highest BCUT2D eigenvalue weighted by molar-refractivity contribution is 5.66. The Kier molecular flexibility index (Phi) is 10.5. The van der Waals surface area contributed by atoms with Crippen molar-refractivity contribution >= 4 is 5.97 Å².